The number of hydrogen-bond acceptors (Lipinski definition) is 8. The summed E-state index contributed by atoms with van der Waals surface area (Å²) in [5.74, 6) is 15.6. The number of nitrogens with zero attached hydrogens (tertiary/aromatic N) is 2. The summed E-state index contributed by atoms with van der Waals surface area (Å²) in [6.45, 7) is 4.14. The van der Waals surface area contributed by atoms with Crippen LogP contribution in [-0.4, -0.2) is 51.8 Å². The fourth-order valence-electron chi connectivity index (χ4n) is 3.48. The van der Waals surface area contributed by atoms with Crippen LogP contribution in [-0.2, 0) is 28.7 Å². The fourth-order valence-corrected chi connectivity index (χ4v) is 3.48. The maximum absolute atomic E-state index is 12.1. The van der Waals surface area contributed by atoms with E-state index in [1.54, 1.807) is 0 Å². The van der Waals surface area contributed by atoms with E-state index in [0.29, 0.717) is 12.8 Å². The molecule has 0 spiro atoms. The Morgan fingerprint density at radius 1 is 0.667 bits per heavy atom. The molecule has 0 N–H and O–H groups in total. The lowest BCUT2D eigenvalue weighted by atomic mass is 9.85. The molecule has 0 saturated heterocycles. The fraction of sp³-hybridized carbons (Fsp3) is 0.235. The van der Waals surface area contributed by atoms with Gasteiger partial charge in [-0.15, -0.1) is 0 Å². The monoisotopic (exact) mass is 564 g/mol. The highest BCUT2D eigenvalue weighted by atomic mass is 16.6. The van der Waals surface area contributed by atoms with Gasteiger partial charge in [0.05, 0.1) is 14.2 Å². The Morgan fingerprint density at radius 3 is 1.76 bits per heavy atom. The number of allylic oxidation sites excluding steroid dienone is 3. The lowest BCUT2D eigenvalue weighted by Gasteiger charge is -2.20. The Labute approximate surface area is 247 Å². The number of hydrogen-bond donors (Lipinski definition) is 0. The van der Waals surface area contributed by atoms with E-state index in [0.717, 1.165) is 22.3 Å². The molecule has 42 heavy (non-hydrogen) atoms. The quantitative estimate of drug-likeness (QED) is 0.169. The van der Waals surface area contributed by atoms with E-state index in [-0.39, 0.29) is 11.4 Å². The third-order valence-electron chi connectivity index (χ3n) is 5.74. The Balaban J connectivity index is 0.000000307. The molecule has 8 nitrogen and oxygen atoms in total. The summed E-state index contributed by atoms with van der Waals surface area (Å²) in [6.07, 6.45) is 1.31. The molecule has 0 bridgehead atoms. The number of ether oxygens (including phenoxy) is 2. The molecule has 0 atom stereocenters. The van der Waals surface area contributed by atoms with E-state index in [4.69, 9.17) is 9.57 Å². The zero-order chi connectivity index (χ0) is 30.7. The van der Waals surface area contributed by atoms with Crippen LogP contribution < -0.4 is 0 Å². The maximum atomic E-state index is 12.1. The minimum atomic E-state index is -0.661. The van der Waals surface area contributed by atoms with Gasteiger partial charge in [0.15, 0.2) is 5.71 Å². The molecule has 1 aliphatic rings. The summed E-state index contributed by atoms with van der Waals surface area (Å²) >= 11 is 0. The van der Waals surface area contributed by atoms with Crippen LogP contribution >= 0.6 is 0 Å². The Bertz CT molecular complexity index is 1570. The van der Waals surface area contributed by atoms with Crippen molar-refractivity contribution in [1.82, 2.24) is 0 Å². The smallest absolute Gasteiger partial charge is 0.369 e. The molecule has 3 rings (SSSR count). The van der Waals surface area contributed by atoms with Crippen LogP contribution in [0.1, 0.15) is 37.8 Å². The van der Waals surface area contributed by atoms with Crippen LogP contribution in [0.4, 0.5) is 0 Å². The first kappa shape index (κ1) is 32.7. The third-order valence-corrected chi connectivity index (χ3v) is 5.74. The van der Waals surface area contributed by atoms with Gasteiger partial charge in [-0.05, 0) is 62.3 Å². The summed E-state index contributed by atoms with van der Waals surface area (Å²) in [5, 5.41) is 7.32. The molecule has 0 amide bonds. The van der Waals surface area contributed by atoms with Gasteiger partial charge in [0, 0.05) is 28.7 Å². The molecular formula is C34H32N2O6. The van der Waals surface area contributed by atoms with Gasteiger partial charge in [-0.2, -0.15) is 0 Å². The second-order valence-corrected chi connectivity index (χ2v) is 8.58. The molecule has 0 radical (unpaired) electrons. The van der Waals surface area contributed by atoms with Gasteiger partial charge in [-0.3, -0.25) is 0 Å². The summed E-state index contributed by atoms with van der Waals surface area (Å²) in [5.41, 5.74) is 5.96. The van der Waals surface area contributed by atoms with Gasteiger partial charge in [-0.25, -0.2) is 9.59 Å². The van der Waals surface area contributed by atoms with Gasteiger partial charge in [0.25, 0.3) is 0 Å². The SMILES string of the molecule is CO/N=C(/C(=O)OC)C1=C(C#Cc2ccccc2)CC(C)=C(C)C1.CO/N=C(\C#CC#Cc1ccccc1)C(=O)OC. The van der Waals surface area contributed by atoms with Gasteiger partial charge in [-0.1, -0.05) is 75.6 Å². The first-order valence-corrected chi connectivity index (χ1v) is 12.7. The normalized spacial score (nSPS) is 12.5. The number of benzene rings is 2. The summed E-state index contributed by atoms with van der Waals surface area (Å²) in [7, 11) is 5.31. The van der Waals surface area contributed by atoms with Crippen molar-refractivity contribution in [1.29, 1.82) is 0 Å². The minimum Gasteiger partial charge on any atom is -0.464 e. The van der Waals surface area contributed by atoms with Crippen molar-refractivity contribution >= 4 is 23.4 Å². The van der Waals surface area contributed by atoms with Crippen molar-refractivity contribution in [2.45, 2.75) is 26.7 Å². The van der Waals surface area contributed by atoms with Crippen molar-refractivity contribution in [2.24, 2.45) is 10.3 Å². The summed E-state index contributed by atoms with van der Waals surface area (Å²) < 4.78 is 9.32. The Hall–Kier alpha value is -5.52. The average molecular weight is 565 g/mol. The van der Waals surface area contributed by atoms with Gasteiger partial charge < -0.3 is 19.1 Å². The molecule has 0 fully saturated rings. The highest BCUT2D eigenvalue weighted by molar-refractivity contribution is 6.44. The predicted molar refractivity (Wildman–Crippen MR) is 162 cm³/mol. The minimum absolute atomic E-state index is 0.123. The van der Waals surface area contributed by atoms with Crippen LogP contribution in [0.3, 0.4) is 0 Å². The van der Waals surface area contributed by atoms with E-state index in [9.17, 15) is 9.59 Å². The van der Waals surface area contributed by atoms with Crippen LogP contribution in [0, 0.1) is 35.5 Å². The molecule has 0 aromatic heterocycles. The summed E-state index contributed by atoms with van der Waals surface area (Å²) in [6, 6.07) is 19.1. The zero-order valence-electron chi connectivity index (χ0n) is 24.5. The molecule has 1 aliphatic carbocycles. The van der Waals surface area contributed by atoms with Crippen molar-refractivity contribution < 1.29 is 28.7 Å². The standard InChI is InChI=1S/C20H21NO3.C14H11NO3/c1-14-12-17(11-10-16-8-6-5-7-9-16)18(13-15(14)2)19(21-24-4)20(22)23-3;1-17-14(16)13(15-18-2)11-7-6-10-12-8-4-3-5-9-12/h5-9H,12-13H2,1-4H3;3-5,8-9H,1-2H3/b21-19+;15-13+. The van der Waals surface area contributed by atoms with E-state index in [1.165, 1.54) is 39.6 Å². The average Bonchev–Trinajstić information content (AvgIpc) is 3.02. The van der Waals surface area contributed by atoms with Crippen molar-refractivity contribution in [3.8, 4) is 35.5 Å². The van der Waals surface area contributed by atoms with Gasteiger partial charge >= 0.3 is 11.9 Å². The largest absolute Gasteiger partial charge is 0.464 e. The van der Waals surface area contributed by atoms with Crippen LogP contribution in [0.5, 0.6) is 0 Å². The van der Waals surface area contributed by atoms with Crippen LogP contribution in [0.2, 0.25) is 0 Å². The number of carbonyl (C=O) groups is 2. The molecule has 0 heterocycles. The number of esters is 2. The molecule has 2 aromatic rings. The molecule has 0 unspecified atom stereocenters. The molecule has 0 aliphatic heterocycles. The zero-order valence-corrected chi connectivity index (χ0v) is 24.5. The molecule has 8 heteroatoms. The lowest BCUT2D eigenvalue weighted by Crippen LogP contribution is -2.22. The van der Waals surface area contributed by atoms with Crippen molar-refractivity contribution in [2.75, 3.05) is 28.4 Å². The summed E-state index contributed by atoms with van der Waals surface area (Å²) in [4.78, 5) is 32.6. The van der Waals surface area contributed by atoms with Crippen LogP contribution in [0.15, 0.2) is 93.3 Å². The van der Waals surface area contributed by atoms with Gasteiger partial charge in [0.1, 0.15) is 14.2 Å². The predicted octanol–water partition coefficient (Wildman–Crippen LogP) is 4.86. The third kappa shape index (κ3) is 10.6. The lowest BCUT2D eigenvalue weighted by molar-refractivity contribution is -0.133. The highest BCUT2D eigenvalue weighted by Gasteiger charge is 2.25. The number of oxime groups is 2. The van der Waals surface area contributed by atoms with E-state index < -0.39 is 11.9 Å². The Morgan fingerprint density at radius 2 is 1.21 bits per heavy atom. The van der Waals surface area contributed by atoms with Crippen molar-refractivity contribution in [3.63, 3.8) is 0 Å². The number of methoxy groups -OCH3 is 2. The first-order valence-electron chi connectivity index (χ1n) is 12.7. The van der Waals surface area contributed by atoms with E-state index in [2.05, 4.69) is 69.3 Å². The van der Waals surface area contributed by atoms with Gasteiger partial charge in [0.2, 0.25) is 5.71 Å². The molecular weight excluding hydrogens is 532 g/mol. The molecule has 0 saturated carbocycles. The van der Waals surface area contributed by atoms with Crippen molar-refractivity contribution in [3.05, 3.63) is 94.1 Å². The maximum Gasteiger partial charge on any atom is 0.369 e. The molecule has 214 valence electrons. The van der Waals surface area contributed by atoms with E-state index >= 15 is 0 Å². The second kappa shape index (κ2) is 17.9. The number of rotatable bonds is 5. The second-order valence-electron chi connectivity index (χ2n) is 8.58. The van der Waals surface area contributed by atoms with Crippen LogP contribution in [0.25, 0.3) is 0 Å². The Kier molecular flexibility index (Phi) is 14.0. The molecule has 2 aromatic carbocycles. The highest BCUT2D eigenvalue weighted by Crippen LogP contribution is 2.30. The number of carbonyl (C=O) groups excluding carboxylic acids is 2. The topological polar surface area (TPSA) is 95.8 Å². The van der Waals surface area contributed by atoms with E-state index in [1.807, 2.05) is 60.7 Å². The first-order chi connectivity index (χ1) is 20.3.